The summed E-state index contributed by atoms with van der Waals surface area (Å²) in [5.74, 6) is 1.32. The topological polar surface area (TPSA) is 76.3 Å². The number of anilines is 1. The van der Waals surface area contributed by atoms with Crippen LogP contribution >= 0.6 is 0 Å². The zero-order valence-corrected chi connectivity index (χ0v) is 12.3. The van der Waals surface area contributed by atoms with Crippen molar-refractivity contribution in [3.63, 3.8) is 0 Å². The van der Waals surface area contributed by atoms with Crippen molar-refractivity contribution in [2.45, 2.75) is 32.4 Å². The summed E-state index contributed by atoms with van der Waals surface area (Å²) in [6.45, 7) is 2.52. The highest BCUT2D eigenvalue weighted by Crippen LogP contribution is 2.22. The normalized spacial score (nSPS) is 21.5. The van der Waals surface area contributed by atoms with Crippen LogP contribution < -0.4 is 10.6 Å². The Labute approximate surface area is 114 Å². The van der Waals surface area contributed by atoms with Gasteiger partial charge in [-0.15, -0.1) is 0 Å². The van der Waals surface area contributed by atoms with E-state index in [1.807, 2.05) is 31.0 Å². The molecule has 0 spiro atoms. The van der Waals surface area contributed by atoms with E-state index in [0.29, 0.717) is 13.0 Å². The fraction of sp³-hybridized carbons (Fsp3) is 0.615. The summed E-state index contributed by atoms with van der Waals surface area (Å²) in [5, 5.41) is 0. The van der Waals surface area contributed by atoms with Crippen LogP contribution in [0.15, 0.2) is 12.1 Å². The molecular formula is C13H21N3O2S. The molecule has 1 aliphatic rings. The van der Waals surface area contributed by atoms with E-state index in [4.69, 9.17) is 5.73 Å². The first-order valence-corrected chi connectivity index (χ1v) is 8.40. The lowest BCUT2D eigenvalue weighted by molar-refractivity contribution is 0.600. The average Bonchev–Trinajstić information content (AvgIpc) is 2.77. The van der Waals surface area contributed by atoms with Crippen LogP contribution in [0, 0.1) is 0 Å². The Bertz CT molecular complexity index is 535. The maximum atomic E-state index is 11.6. The molecule has 6 heteroatoms. The monoisotopic (exact) mass is 283 g/mol. The number of pyridine rings is 1. The highest BCUT2D eigenvalue weighted by atomic mass is 32.2. The largest absolute Gasteiger partial charge is 0.356 e. The van der Waals surface area contributed by atoms with Gasteiger partial charge in [-0.2, -0.15) is 0 Å². The summed E-state index contributed by atoms with van der Waals surface area (Å²) in [7, 11) is -0.964. The Hall–Kier alpha value is -1.14. The second-order valence-corrected chi connectivity index (χ2v) is 7.28. The molecule has 1 saturated heterocycles. The zero-order valence-electron chi connectivity index (χ0n) is 11.5. The molecule has 0 radical (unpaired) electrons. The standard InChI is InChI=1S/C13H21N3O2S/c1-3-11-6-10(8-14)7-13(15-11)16(2)12-4-5-19(17,18)9-12/h6-7,12H,3-5,8-9,14H2,1-2H3. The summed E-state index contributed by atoms with van der Waals surface area (Å²) in [5.41, 5.74) is 7.72. The molecule has 5 nitrogen and oxygen atoms in total. The third kappa shape index (κ3) is 3.25. The van der Waals surface area contributed by atoms with Gasteiger partial charge in [0.25, 0.3) is 0 Å². The number of nitrogens with two attached hydrogens (primary N) is 1. The van der Waals surface area contributed by atoms with Gasteiger partial charge in [-0.1, -0.05) is 6.92 Å². The molecule has 0 aromatic carbocycles. The molecule has 1 aromatic rings. The van der Waals surface area contributed by atoms with Crippen molar-refractivity contribution >= 4 is 15.7 Å². The molecule has 0 saturated carbocycles. The number of hydrogen-bond acceptors (Lipinski definition) is 5. The first-order valence-electron chi connectivity index (χ1n) is 6.58. The maximum absolute atomic E-state index is 11.6. The smallest absolute Gasteiger partial charge is 0.152 e. The van der Waals surface area contributed by atoms with Gasteiger partial charge in [0.15, 0.2) is 9.84 Å². The fourth-order valence-corrected chi connectivity index (χ4v) is 4.16. The second kappa shape index (κ2) is 5.46. The van der Waals surface area contributed by atoms with Crippen molar-refractivity contribution in [2.75, 3.05) is 23.5 Å². The minimum Gasteiger partial charge on any atom is -0.356 e. The molecule has 2 rings (SSSR count). The van der Waals surface area contributed by atoms with Gasteiger partial charge in [-0.3, -0.25) is 0 Å². The Morgan fingerprint density at radius 3 is 2.74 bits per heavy atom. The van der Waals surface area contributed by atoms with E-state index in [1.165, 1.54) is 0 Å². The van der Waals surface area contributed by atoms with Gasteiger partial charge < -0.3 is 10.6 Å². The molecule has 19 heavy (non-hydrogen) atoms. The van der Waals surface area contributed by atoms with Crippen molar-refractivity contribution in [1.82, 2.24) is 4.98 Å². The number of aromatic nitrogens is 1. The van der Waals surface area contributed by atoms with E-state index >= 15 is 0 Å². The van der Waals surface area contributed by atoms with E-state index in [-0.39, 0.29) is 17.5 Å². The molecule has 2 N–H and O–H groups in total. The van der Waals surface area contributed by atoms with Crippen LogP contribution in [0.3, 0.4) is 0 Å². The van der Waals surface area contributed by atoms with Crippen molar-refractivity contribution in [3.05, 3.63) is 23.4 Å². The molecule has 1 aromatic heterocycles. The van der Waals surface area contributed by atoms with Gasteiger partial charge in [-0.25, -0.2) is 13.4 Å². The van der Waals surface area contributed by atoms with Crippen LogP contribution in [-0.2, 0) is 22.8 Å². The number of hydrogen-bond donors (Lipinski definition) is 1. The Balaban J connectivity index is 2.26. The lowest BCUT2D eigenvalue weighted by Gasteiger charge is -2.25. The molecule has 0 amide bonds. The number of nitrogens with zero attached hydrogens (tertiary/aromatic N) is 2. The third-order valence-electron chi connectivity index (χ3n) is 3.64. The van der Waals surface area contributed by atoms with E-state index in [9.17, 15) is 8.42 Å². The van der Waals surface area contributed by atoms with Gasteiger partial charge in [0.1, 0.15) is 5.82 Å². The van der Waals surface area contributed by atoms with Crippen LogP contribution in [-0.4, -0.2) is 38.0 Å². The van der Waals surface area contributed by atoms with Crippen LogP contribution in [0.5, 0.6) is 0 Å². The van der Waals surface area contributed by atoms with E-state index in [1.54, 1.807) is 0 Å². The lowest BCUT2D eigenvalue weighted by Crippen LogP contribution is -2.33. The van der Waals surface area contributed by atoms with Gasteiger partial charge in [-0.05, 0) is 30.5 Å². The molecule has 0 bridgehead atoms. The van der Waals surface area contributed by atoms with Gasteiger partial charge in [0.2, 0.25) is 0 Å². The predicted molar refractivity (Wildman–Crippen MR) is 77.0 cm³/mol. The molecule has 0 aliphatic carbocycles. The van der Waals surface area contributed by atoms with Crippen molar-refractivity contribution in [2.24, 2.45) is 5.73 Å². The molecule has 1 unspecified atom stereocenters. The first kappa shape index (κ1) is 14.3. The lowest BCUT2D eigenvalue weighted by atomic mass is 10.1. The van der Waals surface area contributed by atoms with Gasteiger partial charge in [0, 0.05) is 25.3 Å². The molecule has 2 heterocycles. The van der Waals surface area contributed by atoms with Crippen molar-refractivity contribution < 1.29 is 8.42 Å². The number of rotatable bonds is 4. The second-order valence-electron chi connectivity index (χ2n) is 5.05. The van der Waals surface area contributed by atoms with E-state index in [2.05, 4.69) is 4.98 Å². The van der Waals surface area contributed by atoms with Crippen LogP contribution in [0.1, 0.15) is 24.6 Å². The maximum Gasteiger partial charge on any atom is 0.152 e. The Morgan fingerprint density at radius 1 is 1.47 bits per heavy atom. The molecular weight excluding hydrogens is 262 g/mol. The van der Waals surface area contributed by atoms with E-state index < -0.39 is 9.84 Å². The third-order valence-corrected chi connectivity index (χ3v) is 5.39. The number of aryl methyl sites for hydroxylation is 1. The summed E-state index contributed by atoms with van der Waals surface area (Å²) in [4.78, 5) is 6.54. The van der Waals surface area contributed by atoms with Crippen molar-refractivity contribution in [1.29, 1.82) is 0 Å². The zero-order chi connectivity index (χ0) is 14.0. The summed E-state index contributed by atoms with van der Waals surface area (Å²) < 4.78 is 23.1. The summed E-state index contributed by atoms with van der Waals surface area (Å²) >= 11 is 0. The highest BCUT2D eigenvalue weighted by molar-refractivity contribution is 7.91. The average molecular weight is 283 g/mol. The van der Waals surface area contributed by atoms with Gasteiger partial charge >= 0.3 is 0 Å². The molecule has 1 fully saturated rings. The molecule has 1 atom stereocenters. The molecule has 1 aliphatic heterocycles. The van der Waals surface area contributed by atoms with Crippen LogP contribution in [0.25, 0.3) is 0 Å². The Kier molecular flexibility index (Phi) is 4.10. The minimum atomic E-state index is -2.87. The molecule has 106 valence electrons. The predicted octanol–water partition coefficient (Wildman–Crippen LogP) is 0.726. The fourth-order valence-electron chi connectivity index (χ4n) is 2.38. The van der Waals surface area contributed by atoms with E-state index in [0.717, 1.165) is 23.5 Å². The quantitative estimate of drug-likeness (QED) is 0.881. The van der Waals surface area contributed by atoms with Crippen LogP contribution in [0.4, 0.5) is 5.82 Å². The first-order chi connectivity index (χ1) is 8.95. The number of sulfone groups is 1. The van der Waals surface area contributed by atoms with Crippen LogP contribution in [0.2, 0.25) is 0 Å². The Morgan fingerprint density at radius 2 is 2.21 bits per heavy atom. The summed E-state index contributed by atoms with van der Waals surface area (Å²) in [6, 6.07) is 3.97. The highest BCUT2D eigenvalue weighted by Gasteiger charge is 2.31. The van der Waals surface area contributed by atoms with Crippen molar-refractivity contribution in [3.8, 4) is 0 Å². The minimum absolute atomic E-state index is 0.0234. The SMILES string of the molecule is CCc1cc(CN)cc(N(C)C2CCS(=O)(=O)C2)n1. The summed E-state index contributed by atoms with van der Waals surface area (Å²) in [6.07, 6.45) is 1.52. The van der Waals surface area contributed by atoms with Gasteiger partial charge in [0.05, 0.1) is 11.5 Å².